The van der Waals surface area contributed by atoms with Crippen LogP contribution in [0.1, 0.15) is 0 Å². The highest BCUT2D eigenvalue weighted by Gasteiger charge is 2.29. The Morgan fingerprint density at radius 1 is 0.186 bits per heavy atom. The molecule has 11 heterocycles. The van der Waals surface area contributed by atoms with Crippen LogP contribution in [0.3, 0.4) is 0 Å². The zero-order chi connectivity index (χ0) is 94.0. The van der Waals surface area contributed by atoms with Crippen molar-refractivity contribution in [2.45, 2.75) is 0 Å². The van der Waals surface area contributed by atoms with Crippen molar-refractivity contribution in [2.75, 3.05) is 0 Å². The molecular weight excluding hydrogens is 1890 g/mol. The highest BCUT2D eigenvalue weighted by molar-refractivity contribution is 9.10. The molecule has 0 aliphatic rings. The molecular formula is C113H61BBr2FN13O10. The van der Waals surface area contributed by atoms with E-state index in [9.17, 15) is 38.8 Å². The summed E-state index contributed by atoms with van der Waals surface area (Å²) in [7, 11) is -1.74. The van der Waals surface area contributed by atoms with E-state index in [2.05, 4.69) is 46.8 Å². The molecule has 16 aromatic carbocycles. The van der Waals surface area contributed by atoms with E-state index in [0.717, 1.165) is 33.4 Å². The Bertz CT molecular complexity index is 9830. The van der Waals surface area contributed by atoms with Gasteiger partial charge in [0, 0.05) is 140 Å². The molecule has 0 spiro atoms. The molecule has 0 amide bonds. The zero-order valence-corrected chi connectivity index (χ0v) is 75.9. The smallest absolute Gasteiger partial charge is 0.421 e. The van der Waals surface area contributed by atoms with Crippen molar-refractivity contribution in [1.82, 2.24) is 62.5 Å². The van der Waals surface area contributed by atoms with E-state index in [0.29, 0.717) is 186 Å². The van der Waals surface area contributed by atoms with E-state index in [1.54, 1.807) is 84.9 Å². The lowest BCUT2D eigenvalue weighted by atomic mass is 9.90. The first-order valence-electron chi connectivity index (χ1n) is 44.2. The highest BCUT2D eigenvalue weighted by atomic mass is 79.9. The van der Waals surface area contributed by atoms with E-state index < -0.39 is 18.0 Å². The topological polar surface area (TPSA) is 311 Å². The van der Waals surface area contributed by atoms with Gasteiger partial charge >= 0.3 is 7.12 Å². The minimum atomic E-state index is -1.74. The molecule has 0 unspecified atom stereocenters. The van der Waals surface area contributed by atoms with Gasteiger partial charge in [0.25, 0.3) is 0 Å². The third kappa shape index (κ3) is 13.6. The van der Waals surface area contributed by atoms with Gasteiger partial charge < -0.3 is 27.7 Å². The highest BCUT2D eigenvalue weighted by Crippen LogP contribution is 2.40. The summed E-state index contributed by atoms with van der Waals surface area (Å²) >= 11 is 6.98. The number of rotatable bonds is 9. The molecule has 27 aromatic rings. The molecule has 0 aliphatic carbocycles. The number of aromatic nitrogens is 13. The normalized spacial score (nSPS) is 11.7. The molecule has 0 atom stereocenters. The van der Waals surface area contributed by atoms with Crippen molar-refractivity contribution >= 4 is 197 Å². The second kappa shape index (κ2) is 33.2. The first-order valence-corrected chi connectivity index (χ1v) is 45.8. The number of hydrogen-bond acceptors (Lipinski definition) is 19. The second-order valence-corrected chi connectivity index (χ2v) is 35.7. The van der Waals surface area contributed by atoms with Crippen LogP contribution in [0.15, 0.2) is 399 Å². The average molecular weight is 1950 g/mol. The van der Waals surface area contributed by atoms with E-state index in [4.69, 9.17) is 29.9 Å². The van der Waals surface area contributed by atoms with Gasteiger partial charge in [-0.25, -0.2) is 44.9 Å². The van der Waals surface area contributed by atoms with Crippen LogP contribution in [-0.2, 0) is 0 Å². The lowest BCUT2D eigenvalue weighted by Crippen LogP contribution is -2.36. The number of nitrogens with zero attached hydrogens (tertiary/aromatic N) is 13. The minimum Gasteiger partial charge on any atom is -0.421 e. The summed E-state index contributed by atoms with van der Waals surface area (Å²) in [4.78, 5) is 159. The van der Waals surface area contributed by atoms with Crippen LogP contribution in [0.25, 0.3) is 243 Å². The van der Waals surface area contributed by atoms with Gasteiger partial charge in [-0.05, 0) is 121 Å². The lowest BCUT2D eigenvalue weighted by molar-refractivity contribution is 0.422. The van der Waals surface area contributed by atoms with Gasteiger partial charge in [0.1, 0.15) is 0 Å². The number of para-hydroxylation sites is 4. The van der Waals surface area contributed by atoms with Crippen LogP contribution in [0.5, 0.6) is 0 Å². The van der Waals surface area contributed by atoms with E-state index in [1.807, 2.05) is 285 Å². The maximum Gasteiger partial charge on any atom is 0.528 e. The molecule has 0 saturated heterocycles. The third-order valence-electron chi connectivity index (χ3n) is 25.8. The van der Waals surface area contributed by atoms with Crippen molar-refractivity contribution < 1.29 is 14.8 Å². The largest absolute Gasteiger partial charge is 0.528 e. The Hall–Kier alpha value is -18.0. The monoisotopic (exact) mass is 1950 g/mol. The Kier molecular flexibility index (Phi) is 20.2. The second-order valence-electron chi connectivity index (χ2n) is 33.9. The van der Waals surface area contributed by atoms with Gasteiger partial charge in [-0.15, -0.1) is 0 Å². The first kappa shape index (κ1) is 84.9. The van der Waals surface area contributed by atoms with Gasteiger partial charge in [0.15, 0.2) is 95.7 Å². The summed E-state index contributed by atoms with van der Waals surface area (Å²) in [6.45, 7) is 0. The predicted molar refractivity (Wildman–Crippen MR) is 559 cm³/mol. The van der Waals surface area contributed by atoms with Crippen molar-refractivity contribution in [2.24, 2.45) is 0 Å². The molecule has 27 rings (SSSR count). The fraction of sp³-hybridized carbons (Fsp3) is 0. The van der Waals surface area contributed by atoms with Crippen molar-refractivity contribution in [3.05, 3.63) is 443 Å². The third-order valence-corrected chi connectivity index (χ3v) is 26.7. The number of fused-ring (bicyclic) bond motifs is 16. The van der Waals surface area contributed by atoms with Crippen LogP contribution in [0, 0.1) is 0 Å². The van der Waals surface area contributed by atoms with Crippen molar-refractivity contribution in [3.63, 3.8) is 0 Å². The predicted octanol–water partition coefficient (Wildman–Crippen LogP) is 19.8. The van der Waals surface area contributed by atoms with Crippen LogP contribution < -0.4 is 49.2 Å². The van der Waals surface area contributed by atoms with Crippen LogP contribution in [0.2, 0.25) is 0 Å². The standard InChI is InChI=1S/C64H34N8O4.C34H14Br2N2O4.C15H12BN3O2.FH/c73-55-41-25-13-15-27-49(41)71-51-34-52-44(33-43(51)57(75)47-31-39(29-45(55)53(47)71)63-67-59(35-17-5-1-6-18-35)65-60(68-63)36-19-7-2-8-20-36)58(76)48-32-40(30-46-54(48)72(52)50-28-16-14-26-42(50)56(46)74)64-69-61(37-21-9-3-10-22-37)66-62(70-64)38-23-11-4-12-24-38;35-15-9-21-29-23(11-15)33(41)19-13-20-28(14-27(19)37(29)25-7-3-1-5-17(25)31(21)39)38-26-8-4-2-6-18(26)32(40)22-10-16(36)12-24(30(22)38)34(20)42;20-16(21)15-18-13(11-7-3-1-4-8-11)17-14(19-15)12-9-5-2-6-10-12;/h1-34H;1-14H;1-10,20-21H;1H. The van der Waals surface area contributed by atoms with Crippen LogP contribution in [0.4, 0.5) is 4.70 Å². The molecule has 23 nitrogen and oxygen atoms in total. The van der Waals surface area contributed by atoms with Gasteiger partial charge in [-0.1, -0.05) is 262 Å². The fourth-order valence-corrected chi connectivity index (χ4v) is 20.5. The zero-order valence-electron chi connectivity index (χ0n) is 72.7. The molecule has 11 aromatic heterocycles. The Morgan fingerprint density at radius 3 is 0.579 bits per heavy atom. The molecule has 0 saturated carbocycles. The quantitative estimate of drug-likeness (QED) is 0.0770. The molecule has 0 aliphatic heterocycles. The number of hydrogen-bond donors (Lipinski definition) is 2. The molecule has 2 N–H and O–H groups in total. The van der Waals surface area contributed by atoms with E-state index in [1.165, 1.54) is 0 Å². The number of pyridine rings is 8. The summed E-state index contributed by atoms with van der Waals surface area (Å²) in [5, 5.41) is 24.6. The molecule has 0 fully saturated rings. The Balaban J connectivity index is 0.000000138. The molecule has 662 valence electrons. The van der Waals surface area contributed by atoms with Crippen LogP contribution in [-0.4, -0.2) is 79.6 Å². The van der Waals surface area contributed by atoms with E-state index >= 15 is 9.59 Å². The maximum absolute atomic E-state index is 15.6. The first-order chi connectivity index (χ1) is 67.9. The SMILES string of the molecule is F.O=c1c2ccccc2n2c3cc4c(cc3c(=O)c3cc(-c5nc(-c6ccccc6)nc(-c6ccccc6)n5)cc1c32)c(=O)c1cc(-c2nc(-c3ccccc3)nc(-c3ccccc3)n2)cc2c(=O)c3ccccc3n4c21.O=c1c2ccccc2n2c3cc4c(cc3c(=O)c3cc(Br)cc1c32)c(=O)c1cc(Br)cc2c(=O)c3ccccc3n4c21.OB(O)c1nc(-c2ccccc2)nc(-c2ccccc2)n1. The summed E-state index contributed by atoms with van der Waals surface area (Å²) in [5.41, 5.74) is 9.72. The number of halogens is 3. The summed E-state index contributed by atoms with van der Waals surface area (Å²) in [6.07, 6.45) is 0. The summed E-state index contributed by atoms with van der Waals surface area (Å²) < 4.78 is 9.04. The minimum absolute atomic E-state index is 0. The molecule has 0 radical (unpaired) electrons. The van der Waals surface area contributed by atoms with Gasteiger partial charge in [-0.3, -0.25) is 43.1 Å². The average Bonchev–Trinajstić information content (AvgIpc) is 0.690. The molecule has 0 bridgehead atoms. The van der Waals surface area contributed by atoms with Crippen molar-refractivity contribution in [3.8, 4) is 91.1 Å². The van der Waals surface area contributed by atoms with Crippen LogP contribution >= 0.6 is 31.9 Å². The Labute approximate surface area is 802 Å². The Morgan fingerprint density at radius 2 is 0.364 bits per heavy atom. The summed E-state index contributed by atoms with van der Waals surface area (Å²) in [6, 6.07) is 107. The lowest BCUT2D eigenvalue weighted by Gasteiger charge is -2.18. The van der Waals surface area contributed by atoms with Gasteiger partial charge in [-0.2, -0.15) is 0 Å². The van der Waals surface area contributed by atoms with Gasteiger partial charge in [0.05, 0.1) is 66.2 Å². The fourth-order valence-electron chi connectivity index (χ4n) is 19.6. The maximum atomic E-state index is 15.6. The van der Waals surface area contributed by atoms with Gasteiger partial charge in [0.2, 0.25) is 0 Å². The number of benzene rings is 16. The summed E-state index contributed by atoms with van der Waals surface area (Å²) in [5.74, 6) is 3.06. The van der Waals surface area contributed by atoms with E-state index in [-0.39, 0.29) is 76.2 Å². The molecule has 140 heavy (non-hydrogen) atoms. The van der Waals surface area contributed by atoms with Crippen molar-refractivity contribution in [1.29, 1.82) is 0 Å². The molecule has 27 heteroatoms.